The summed E-state index contributed by atoms with van der Waals surface area (Å²) in [6, 6.07) is 7.83. The molecule has 3 atom stereocenters. The van der Waals surface area contributed by atoms with E-state index in [0.717, 1.165) is 27.2 Å². The summed E-state index contributed by atoms with van der Waals surface area (Å²) in [4.78, 5) is 0. The minimum Gasteiger partial charge on any atom is -0.485 e. The van der Waals surface area contributed by atoms with Crippen LogP contribution in [0.2, 0.25) is 0 Å². The van der Waals surface area contributed by atoms with Gasteiger partial charge in [0.1, 0.15) is 11.9 Å². The van der Waals surface area contributed by atoms with Gasteiger partial charge in [-0.15, -0.1) is 0 Å². The van der Waals surface area contributed by atoms with Gasteiger partial charge in [-0.1, -0.05) is 51.8 Å². The van der Waals surface area contributed by atoms with Crippen LogP contribution in [0.5, 0.6) is 5.75 Å². The lowest BCUT2D eigenvalue weighted by atomic mass is 9.83. The molecule has 4 rings (SSSR count). The first-order chi connectivity index (χ1) is 11.1. The van der Waals surface area contributed by atoms with Gasteiger partial charge in [0.15, 0.2) is 0 Å². The van der Waals surface area contributed by atoms with Crippen molar-refractivity contribution in [3.05, 3.63) is 74.8 Å². The van der Waals surface area contributed by atoms with Crippen LogP contribution in [-0.2, 0) is 0 Å². The smallest absolute Gasteiger partial charge is 0.128 e. The third-order valence-electron chi connectivity index (χ3n) is 4.47. The molecule has 23 heavy (non-hydrogen) atoms. The fraction of sp³-hybridized carbons (Fsp3) is 0.211. The monoisotopic (exact) mass is 385 g/mol. The van der Waals surface area contributed by atoms with Crippen molar-refractivity contribution in [2.45, 2.75) is 18.4 Å². The summed E-state index contributed by atoms with van der Waals surface area (Å²) in [6.45, 7) is 0. The number of allylic oxidation sites excluding steroid dienone is 6. The van der Waals surface area contributed by atoms with Crippen LogP contribution in [0.3, 0.4) is 0 Å². The highest BCUT2D eigenvalue weighted by atomic mass is 79.9. The largest absolute Gasteiger partial charge is 0.485 e. The normalized spacial score (nSPS) is 27.9. The summed E-state index contributed by atoms with van der Waals surface area (Å²) < 4.78 is 7.18. The third-order valence-corrected chi connectivity index (χ3v) is 5.26. The van der Waals surface area contributed by atoms with Crippen molar-refractivity contribution in [3.8, 4) is 11.8 Å². The van der Waals surface area contributed by atoms with Gasteiger partial charge in [0.05, 0.1) is 11.6 Å². The number of rotatable bonds is 1. The average Bonchev–Trinajstić information content (AvgIpc) is 2.90. The molecule has 4 heteroatoms. The number of halogens is 2. The molecule has 1 aromatic rings. The molecule has 0 spiro atoms. The highest BCUT2D eigenvalue weighted by Gasteiger charge is 2.34. The highest BCUT2D eigenvalue weighted by Crippen LogP contribution is 2.44. The van der Waals surface area contributed by atoms with Crippen LogP contribution in [0.25, 0.3) is 0 Å². The van der Waals surface area contributed by atoms with Crippen LogP contribution in [0, 0.1) is 17.2 Å². The van der Waals surface area contributed by atoms with Gasteiger partial charge >= 0.3 is 0 Å². The first-order valence-corrected chi connectivity index (χ1v) is 8.65. The number of hydrogen-bond donors (Lipinski definition) is 0. The van der Waals surface area contributed by atoms with Crippen LogP contribution in [0.4, 0.5) is 0 Å². The van der Waals surface area contributed by atoms with Crippen molar-refractivity contribution < 1.29 is 4.74 Å². The summed E-state index contributed by atoms with van der Waals surface area (Å²) in [5.41, 5.74) is 3.01. The maximum absolute atomic E-state index is 9.03. The quantitative estimate of drug-likeness (QED) is 0.654. The van der Waals surface area contributed by atoms with Crippen molar-refractivity contribution in [2.75, 3.05) is 0 Å². The zero-order valence-electron chi connectivity index (χ0n) is 12.2. The molecule has 3 unspecified atom stereocenters. The molecule has 1 aromatic carbocycles. The predicted octanol–water partition coefficient (Wildman–Crippen LogP) is 5.32. The molecular weight excluding hydrogens is 374 g/mol. The minimum absolute atomic E-state index is 0.00389. The average molecular weight is 387 g/mol. The summed E-state index contributed by atoms with van der Waals surface area (Å²) in [5, 5.41) is 9.79. The van der Waals surface area contributed by atoms with Crippen LogP contribution < -0.4 is 4.74 Å². The Bertz CT molecular complexity index is 843. The van der Waals surface area contributed by atoms with E-state index in [2.05, 4.69) is 46.3 Å². The van der Waals surface area contributed by atoms with E-state index >= 15 is 0 Å². The molecule has 3 aliphatic rings. The molecule has 1 heterocycles. The fourth-order valence-corrected chi connectivity index (χ4v) is 4.38. The van der Waals surface area contributed by atoms with E-state index in [4.69, 9.17) is 21.6 Å². The van der Waals surface area contributed by atoms with Crippen molar-refractivity contribution in [3.63, 3.8) is 0 Å². The molecule has 0 saturated heterocycles. The van der Waals surface area contributed by atoms with E-state index in [9.17, 15) is 0 Å². The maximum Gasteiger partial charge on any atom is 0.128 e. The van der Waals surface area contributed by atoms with Crippen molar-refractivity contribution >= 4 is 27.5 Å². The topological polar surface area (TPSA) is 33.0 Å². The second-order valence-corrected chi connectivity index (χ2v) is 7.41. The number of fused-ring (bicyclic) bond motifs is 3. The summed E-state index contributed by atoms with van der Waals surface area (Å²) in [5.74, 6) is 1.31. The van der Waals surface area contributed by atoms with Gasteiger partial charge in [-0.3, -0.25) is 0 Å². The van der Waals surface area contributed by atoms with Crippen molar-refractivity contribution in [2.24, 2.45) is 5.92 Å². The molecule has 0 fully saturated rings. The Kier molecular flexibility index (Phi) is 3.67. The van der Waals surface area contributed by atoms with Crippen molar-refractivity contribution in [1.29, 1.82) is 5.26 Å². The van der Waals surface area contributed by atoms with E-state index in [1.165, 1.54) is 5.57 Å². The zero-order chi connectivity index (χ0) is 16.0. The first kappa shape index (κ1) is 14.8. The zero-order valence-corrected chi connectivity index (χ0v) is 14.5. The molecule has 0 saturated carbocycles. The molecule has 0 radical (unpaired) electrons. The number of hydrogen-bond acceptors (Lipinski definition) is 2. The van der Waals surface area contributed by atoms with Crippen LogP contribution in [-0.4, -0.2) is 6.10 Å². The van der Waals surface area contributed by atoms with E-state index in [-0.39, 0.29) is 17.9 Å². The molecule has 0 aromatic heterocycles. The Hall–Kier alpha value is -1.76. The molecular formula is C19H13BrClNO. The van der Waals surface area contributed by atoms with Gasteiger partial charge in [-0.25, -0.2) is 0 Å². The Morgan fingerprint density at radius 2 is 2.17 bits per heavy atom. The lowest BCUT2D eigenvalue weighted by Crippen LogP contribution is -2.19. The maximum atomic E-state index is 9.03. The Labute approximate surface area is 148 Å². The third kappa shape index (κ3) is 2.67. The van der Waals surface area contributed by atoms with Gasteiger partial charge in [-0.05, 0) is 40.8 Å². The Morgan fingerprint density at radius 1 is 1.30 bits per heavy atom. The predicted molar refractivity (Wildman–Crippen MR) is 94.6 cm³/mol. The van der Waals surface area contributed by atoms with Gasteiger partial charge in [0.25, 0.3) is 0 Å². The molecule has 2 nitrogen and oxygen atoms in total. The van der Waals surface area contributed by atoms with Gasteiger partial charge < -0.3 is 4.74 Å². The summed E-state index contributed by atoms with van der Waals surface area (Å²) >= 11 is 9.74. The molecule has 0 bridgehead atoms. The summed E-state index contributed by atoms with van der Waals surface area (Å²) in [6.07, 6.45) is 11.5. The molecule has 0 N–H and O–H groups in total. The van der Waals surface area contributed by atoms with Gasteiger partial charge in [0.2, 0.25) is 0 Å². The molecule has 0 amide bonds. The number of nitriles is 1. The van der Waals surface area contributed by atoms with E-state index in [1.54, 1.807) is 0 Å². The van der Waals surface area contributed by atoms with Gasteiger partial charge in [0, 0.05) is 22.4 Å². The standard InChI is InChI=1S/C19H13BrClNO/c20-14-6-13(7-15(21)9-14)12-2-4-17-16-3-1-11(10-22)5-18(16)23-19(17)8-12/h1-5,7-9,13,17,19H,6H2. The lowest BCUT2D eigenvalue weighted by Gasteiger charge is -2.24. The fourth-order valence-electron chi connectivity index (χ4n) is 3.37. The second-order valence-electron chi connectivity index (χ2n) is 5.95. The number of ether oxygens (including phenoxy) is 1. The second kappa shape index (κ2) is 5.70. The number of nitrogens with zero attached hydrogens (tertiary/aromatic N) is 1. The molecule has 2 aliphatic carbocycles. The Morgan fingerprint density at radius 3 is 2.96 bits per heavy atom. The Balaban J connectivity index is 1.63. The first-order valence-electron chi connectivity index (χ1n) is 7.48. The lowest BCUT2D eigenvalue weighted by molar-refractivity contribution is 0.267. The van der Waals surface area contributed by atoms with E-state index < -0.39 is 0 Å². The highest BCUT2D eigenvalue weighted by molar-refractivity contribution is 9.11. The number of benzene rings is 1. The van der Waals surface area contributed by atoms with Crippen LogP contribution in [0.15, 0.2) is 63.7 Å². The molecule has 1 aliphatic heterocycles. The molecule has 114 valence electrons. The van der Waals surface area contributed by atoms with Crippen molar-refractivity contribution in [1.82, 2.24) is 0 Å². The van der Waals surface area contributed by atoms with E-state index in [1.807, 2.05) is 24.3 Å². The minimum atomic E-state index is -0.00389. The van der Waals surface area contributed by atoms with Crippen LogP contribution in [0.1, 0.15) is 23.5 Å². The van der Waals surface area contributed by atoms with E-state index in [0.29, 0.717) is 5.56 Å². The summed E-state index contributed by atoms with van der Waals surface area (Å²) in [7, 11) is 0. The van der Waals surface area contributed by atoms with Crippen LogP contribution >= 0.6 is 27.5 Å². The SMILES string of the molecule is N#Cc1ccc2c(c1)OC1C=C(C3C=C(Cl)C=C(Br)C3)C=CC21. The van der Waals surface area contributed by atoms with Gasteiger partial charge in [-0.2, -0.15) is 5.26 Å².